The Morgan fingerprint density at radius 1 is 0.842 bits per heavy atom. The van der Waals surface area contributed by atoms with Gasteiger partial charge in [-0.25, -0.2) is 0 Å². The molecular formula is C18H18O. The van der Waals surface area contributed by atoms with Crippen LogP contribution in [0.25, 0.3) is 5.57 Å². The average Bonchev–Trinajstić information content (AvgIpc) is 2.49. The molecule has 0 aromatic heterocycles. The Bertz CT molecular complexity index is 580. The van der Waals surface area contributed by atoms with Gasteiger partial charge in [0.05, 0.1) is 0 Å². The maximum atomic E-state index is 12.5. The van der Waals surface area contributed by atoms with Crippen molar-refractivity contribution in [2.45, 2.75) is 20.3 Å². The molecule has 0 fully saturated rings. The second-order valence-corrected chi connectivity index (χ2v) is 4.52. The molecule has 0 amide bonds. The van der Waals surface area contributed by atoms with Gasteiger partial charge < -0.3 is 0 Å². The van der Waals surface area contributed by atoms with Crippen molar-refractivity contribution in [2.75, 3.05) is 0 Å². The fourth-order valence-corrected chi connectivity index (χ4v) is 2.27. The fourth-order valence-electron chi connectivity index (χ4n) is 2.27. The third kappa shape index (κ3) is 3.00. The standard InChI is InChI=1S/C18H18O/c1-3-17(15-10-6-4-7-11-15)14(2)18(19)16-12-8-5-9-13-16/h4-13H,3H2,1-2H3/b17-14+. The Morgan fingerprint density at radius 3 is 1.79 bits per heavy atom. The number of carbonyl (C=O) groups is 1. The van der Waals surface area contributed by atoms with Crippen LogP contribution in [0.2, 0.25) is 0 Å². The Labute approximate surface area is 114 Å². The highest BCUT2D eigenvalue weighted by Crippen LogP contribution is 2.24. The second-order valence-electron chi connectivity index (χ2n) is 4.52. The van der Waals surface area contributed by atoms with Gasteiger partial charge >= 0.3 is 0 Å². The van der Waals surface area contributed by atoms with Crippen LogP contribution in [0.15, 0.2) is 66.2 Å². The van der Waals surface area contributed by atoms with E-state index in [1.807, 2.05) is 55.5 Å². The molecule has 2 aromatic carbocycles. The molecule has 0 aliphatic heterocycles. The van der Waals surface area contributed by atoms with Gasteiger partial charge in [0.25, 0.3) is 0 Å². The van der Waals surface area contributed by atoms with E-state index in [0.717, 1.165) is 28.7 Å². The van der Waals surface area contributed by atoms with Crippen LogP contribution in [0.1, 0.15) is 36.2 Å². The normalized spacial score (nSPS) is 11.9. The van der Waals surface area contributed by atoms with Gasteiger partial charge in [0.2, 0.25) is 0 Å². The third-order valence-corrected chi connectivity index (χ3v) is 3.31. The fraction of sp³-hybridized carbons (Fsp3) is 0.167. The van der Waals surface area contributed by atoms with Crippen LogP contribution in [0.3, 0.4) is 0 Å². The van der Waals surface area contributed by atoms with E-state index in [0.29, 0.717) is 0 Å². The quantitative estimate of drug-likeness (QED) is 0.565. The first-order valence-corrected chi connectivity index (χ1v) is 6.59. The maximum absolute atomic E-state index is 12.5. The number of hydrogen-bond acceptors (Lipinski definition) is 1. The van der Waals surface area contributed by atoms with Gasteiger partial charge in [-0.05, 0) is 24.5 Å². The molecule has 0 saturated carbocycles. The summed E-state index contributed by atoms with van der Waals surface area (Å²) in [5.41, 5.74) is 3.84. The number of rotatable bonds is 4. The van der Waals surface area contributed by atoms with Crippen molar-refractivity contribution < 1.29 is 4.79 Å². The highest BCUT2D eigenvalue weighted by molar-refractivity contribution is 6.12. The molecule has 0 heterocycles. The molecule has 19 heavy (non-hydrogen) atoms. The SMILES string of the molecule is CC/C(=C(/C)C(=O)c1ccccc1)c1ccccc1. The van der Waals surface area contributed by atoms with Crippen molar-refractivity contribution in [3.8, 4) is 0 Å². The van der Waals surface area contributed by atoms with Crippen LogP contribution in [-0.4, -0.2) is 5.78 Å². The van der Waals surface area contributed by atoms with Crippen LogP contribution in [0, 0.1) is 0 Å². The first-order chi connectivity index (χ1) is 9.24. The van der Waals surface area contributed by atoms with Crippen LogP contribution >= 0.6 is 0 Å². The van der Waals surface area contributed by atoms with E-state index in [-0.39, 0.29) is 5.78 Å². The summed E-state index contributed by atoms with van der Waals surface area (Å²) < 4.78 is 0. The van der Waals surface area contributed by atoms with Crippen LogP contribution < -0.4 is 0 Å². The van der Waals surface area contributed by atoms with Crippen molar-refractivity contribution in [1.29, 1.82) is 0 Å². The summed E-state index contributed by atoms with van der Waals surface area (Å²) in [7, 11) is 0. The van der Waals surface area contributed by atoms with Crippen molar-refractivity contribution in [2.24, 2.45) is 0 Å². The Kier molecular flexibility index (Phi) is 4.30. The predicted molar refractivity (Wildman–Crippen MR) is 80.1 cm³/mol. The minimum absolute atomic E-state index is 0.112. The number of allylic oxidation sites excluding steroid dienone is 2. The van der Waals surface area contributed by atoms with Gasteiger partial charge in [-0.2, -0.15) is 0 Å². The summed E-state index contributed by atoms with van der Waals surface area (Å²) in [5, 5.41) is 0. The maximum Gasteiger partial charge on any atom is 0.189 e. The van der Waals surface area contributed by atoms with Gasteiger partial charge in [-0.15, -0.1) is 0 Å². The van der Waals surface area contributed by atoms with Crippen LogP contribution in [-0.2, 0) is 0 Å². The number of benzene rings is 2. The van der Waals surface area contributed by atoms with E-state index in [4.69, 9.17) is 0 Å². The highest BCUT2D eigenvalue weighted by Gasteiger charge is 2.12. The van der Waals surface area contributed by atoms with Gasteiger partial charge in [0.1, 0.15) is 0 Å². The summed E-state index contributed by atoms with van der Waals surface area (Å²) in [5.74, 6) is 0.112. The first kappa shape index (κ1) is 13.3. The molecule has 2 aromatic rings. The third-order valence-electron chi connectivity index (χ3n) is 3.31. The molecule has 1 heteroatoms. The minimum atomic E-state index is 0.112. The predicted octanol–water partition coefficient (Wildman–Crippen LogP) is 4.75. The molecule has 0 N–H and O–H groups in total. The topological polar surface area (TPSA) is 17.1 Å². The zero-order valence-corrected chi connectivity index (χ0v) is 11.4. The Morgan fingerprint density at radius 2 is 1.32 bits per heavy atom. The van der Waals surface area contributed by atoms with Crippen molar-refractivity contribution in [3.63, 3.8) is 0 Å². The lowest BCUT2D eigenvalue weighted by Crippen LogP contribution is -2.03. The molecule has 0 spiro atoms. The van der Waals surface area contributed by atoms with Crippen molar-refractivity contribution in [3.05, 3.63) is 77.4 Å². The highest BCUT2D eigenvalue weighted by atomic mass is 16.1. The van der Waals surface area contributed by atoms with Gasteiger partial charge in [0, 0.05) is 11.1 Å². The lowest BCUT2D eigenvalue weighted by Gasteiger charge is -2.10. The second kappa shape index (κ2) is 6.14. The van der Waals surface area contributed by atoms with E-state index in [1.54, 1.807) is 0 Å². The van der Waals surface area contributed by atoms with E-state index in [2.05, 4.69) is 19.1 Å². The molecule has 0 bridgehead atoms. The van der Waals surface area contributed by atoms with Crippen molar-refractivity contribution >= 4 is 11.4 Å². The largest absolute Gasteiger partial charge is 0.289 e. The van der Waals surface area contributed by atoms with E-state index < -0.39 is 0 Å². The van der Waals surface area contributed by atoms with E-state index in [1.165, 1.54) is 0 Å². The number of hydrogen-bond donors (Lipinski definition) is 0. The Balaban J connectivity index is 2.42. The molecule has 0 aliphatic rings. The molecular weight excluding hydrogens is 232 g/mol. The minimum Gasteiger partial charge on any atom is -0.289 e. The number of carbonyl (C=O) groups excluding carboxylic acids is 1. The van der Waals surface area contributed by atoms with E-state index >= 15 is 0 Å². The van der Waals surface area contributed by atoms with E-state index in [9.17, 15) is 4.79 Å². The number of Topliss-reactive ketones (excluding diaryl/α,β-unsaturated/α-hetero) is 1. The monoisotopic (exact) mass is 250 g/mol. The smallest absolute Gasteiger partial charge is 0.189 e. The molecule has 0 aliphatic carbocycles. The first-order valence-electron chi connectivity index (χ1n) is 6.59. The molecule has 0 unspecified atom stereocenters. The van der Waals surface area contributed by atoms with Gasteiger partial charge in [-0.3, -0.25) is 4.79 Å². The van der Waals surface area contributed by atoms with Gasteiger partial charge in [0.15, 0.2) is 5.78 Å². The average molecular weight is 250 g/mol. The number of ketones is 1. The zero-order chi connectivity index (χ0) is 13.7. The lowest BCUT2D eigenvalue weighted by molar-refractivity contribution is 0.103. The summed E-state index contributed by atoms with van der Waals surface area (Å²) in [4.78, 5) is 12.5. The summed E-state index contributed by atoms with van der Waals surface area (Å²) in [6.45, 7) is 4.01. The zero-order valence-electron chi connectivity index (χ0n) is 11.4. The molecule has 0 atom stereocenters. The molecule has 2 rings (SSSR count). The Hall–Kier alpha value is -2.15. The molecule has 1 nitrogen and oxygen atoms in total. The molecule has 96 valence electrons. The van der Waals surface area contributed by atoms with Crippen LogP contribution in [0.4, 0.5) is 0 Å². The van der Waals surface area contributed by atoms with Gasteiger partial charge in [-0.1, -0.05) is 67.6 Å². The van der Waals surface area contributed by atoms with Crippen LogP contribution in [0.5, 0.6) is 0 Å². The molecule has 0 saturated heterocycles. The lowest BCUT2D eigenvalue weighted by atomic mass is 9.93. The van der Waals surface area contributed by atoms with Crippen molar-refractivity contribution in [1.82, 2.24) is 0 Å². The summed E-state index contributed by atoms with van der Waals surface area (Å²) >= 11 is 0. The summed E-state index contributed by atoms with van der Waals surface area (Å²) in [6.07, 6.45) is 0.856. The molecule has 0 radical (unpaired) electrons. The summed E-state index contributed by atoms with van der Waals surface area (Å²) in [6, 6.07) is 19.6.